The maximum absolute atomic E-state index is 13.2. The summed E-state index contributed by atoms with van der Waals surface area (Å²) in [5.74, 6) is -0.270. The SMILES string of the molecule is CC(C)(C)OC(=O)N1Cc2cnc(COC(=O)[C@@H]3C[C@]4(C)C[C@@H]4N3C(=O)CNC(=O)CCCOc3ccccc3)cc2C1. The molecule has 3 amide bonds. The van der Waals surface area contributed by atoms with E-state index in [0.717, 1.165) is 23.3 Å². The summed E-state index contributed by atoms with van der Waals surface area (Å²) >= 11 is 0. The Kier molecular flexibility index (Phi) is 8.62. The van der Waals surface area contributed by atoms with Gasteiger partial charge in [-0.05, 0) is 74.8 Å². The number of likely N-dealkylation sites (tertiary alicyclic amines) is 1. The van der Waals surface area contributed by atoms with Crippen LogP contribution in [0.2, 0.25) is 0 Å². The number of amides is 3. The van der Waals surface area contributed by atoms with Crippen LogP contribution >= 0.6 is 0 Å². The van der Waals surface area contributed by atoms with Crippen LogP contribution in [-0.4, -0.2) is 69.5 Å². The van der Waals surface area contributed by atoms with Crippen molar-refractivity contribution in [3.63, 3.8) is 0 Å². The maximum atomic E-state index is 13.2. The van der Waals surface area contributed by atoms with E-state index in [2.05, 4.69) is 17.2 Å². The topological polar surface area (TPSA) is 127 Å². The van der Waals surface area contributed by atoms with E-state index in [4.69, 9.17) is 14.2 Å². The number of piperidine rings is 1. The van der Waals surface area contributed by atoms with Gasteiger partial charge in [-0.25, -0.2) is 9.59 Å². The molecule has 2 aliphatic heterocycles. The summed E-state index contributed by atoms with van der Waals surface area (Å²) in [5, 5.41) is 2.69. The van der Waals surface area contributed by atoms with Crippen molar-refractivity contribution in [2.24, 2.45) is 5.41 Å². The number of ether oxygens (including phenoxy) is 3. The number of nitrogens with zero attached hydrogens (tertiary/aromatic N) is 3. The number of para-hydroxylation sites is 1. The summed E-state index contributed by atoms with van der Waals surface area (Å²) in [6.07, 6.45) is 3.41. The van der Waals surface area contributed by atoms with Gasteiger partial charge in [0, 0.05) is 25.2 Å². The van der Waals surface area contributed by atoms with Gasteiger partial charge in [0.1, 0.15) is 24.0 Å². The molecule has 0 radical (unpaired) electrons. The maximum Gasteiger partial charge on any atom is 0.410 e. The van der Waals surface area contributed by atoms with Crippen LogP contribution in [-0.2, 0) is 43.6 Å². The summed E-state index contributed by atoms with van der Waals surface area (Å²) in [7, 11) is 0. The van der Waals surface area contributed by atoms with E-state index in [-0.39, 0.29) is 48.9 Å². The quantitative estimate of drug-likeness (QED) is 0.327. The van der Waals surface area contributed by atoms with Crippen LogP contribution in [0.25, 0.3) is 0 Å². The molecule has 1 saturated carbocycles. The predicted molar refractivity (Wildman–Crippen MR) is 155 cm³/mol. The van der Waals surface area contributed by atoms with E-state index in [0.29, 0.717) is 38.2 Å². The van der Waals surface area contributed by atoms with E-state index in [1.807, 2.05) is 57.2 Å². The molecule has 3 aliphatic rings. The van der Waals surface area contributed by atoms with Crippen molar-refractivity contribution in [1.29, 1.82) is 0 Å². The average molecular weight is 593 g/mol. The minimum atomic E-state index is -0.704. The molecule has 1 aliphatic carbocycles. The third-order valence-electron chi connectivity index (χ3n) is 8.07. The second kappa shape index (κ2) is 12.2. The third-order valence-corrected chi connectivity index (χ3v) is 8.07. The normalized spacial score (nSPS) is 22.0. The van der Waals surface area contributed by atoms with Crippen LogP contribution in [0.4, 0.5) is 4.79 Å². The summed E-state index contributed by atoms with van der Waals surface area (Å²) in [5.41, 5.74) is 1.72. The highest BCUT2D eigenvalue weighted by atomic mass is 16.6. The van der Waals surface area contributed by atoms with Gasteiger partial charge in [-0.3, -0.25) is 19.5 Å². The molecule has 2 fully saturated rings. The number of aromatic nitrogens is 1. The van der Waals surface area contributed by atoms with Gasteiger partial charge in [0.15, 0.2) is 0 Å². The number of fused-ring (bicyclic) bond motifs is 2. The highest BCUT2D eigenvalue weighted by Gasteiger charge is 2.64. The fourth-order valence-corrected chi connectivity index (χ4v) is 5.74. The number of benzene rings is 1. The van der Waals surface area contributed by atoms with Crippen molar-refractivity contribution in [1.82, 2.24) is 20.1 Å². The van der Waals surface area contributed by atoms with Crippen LogP contribution in [0.1, 0.15) is 70.2 Å². The standard InChI is InChI=1S/C32H40N4O7/c1-31(2,3)43-30(40)35-18-21-13-23(33-16-22(21)19-35)20-42-29(39)25-14-32(4)15-26(32)36(25)28(38)17-34-27(37)11-8-12-41-24-9-6-5-7-10-24/h5-7,9-10,13,16,25-26H,8,11-12,14-15,17-20H2,1-4H3,(H,34,37)/t25-,26-,32+/m0/s1. The molecule has 0 spiro atoms. The molecule has 3 heterocycles. The van der Waals surface area contributed by atoms with E-state index in [1.54, 1.807) is 16.0 Å². The van der Waals surface area contributed by atoms with Crippen molar-refractivity contribution < 1.29 is 33.4 Å². The Balaban J connectivity index is 1.08. The summed E-state index contributed by atoms with van der Waals surface area (Å²) < 4.78 is 16.7. The smallest absolute Gasteiger partial charge is 0.410 e. The number of rotatable bonds is 10. The Hall–Kier alpha value is -4.15. The molecule has 1 aromatic heterocycles. The Morgan fingerprint density at radius 3 is 2.56 bits per heavy atom. The molecule has 43 heavy (non-hydrogen) atoms. The first-order valence-corrected chi connectivity index (χ1v) is 14.8. The van der Waals surface area contributed by atoms with Gasteiger partial charge in [0.2, 0.25) is 11.8 Å². The first-order chi connectivity index (χ1) is 20.4. The Labute approximate surface area is 251 Å². The molecule has 0 unspecified atom stereocenters. The van der Waals surface area contributed by atoms with Gasteiger partial charge >= 0.3 is 12.1 Å². The highest BCUT2D eigenvalue weighted by Crippen LogP contribution is 2.59. The summed E-state index contributed by atoms with van der Waals surface area (Å²) in [6, 6.07) is 10.5. The first kappa shape index (κ1) is 30.3. The molecule has 1 saturated heterocycles. The number of nitrogens with one attached hydrogen (secondary N) is 1. The van der Waals surface area contributed by atoms with Gasteiger partial charge in [-0.15, -0.1) is 0 Å². The molecule has 11 heteroatoms. The molecular formula is C32H40N4O7. The van der Waals surface area contributed by atoms with Crippen molar-refractivity contribution in [3.05, 3.63) is 59.4 Å². The predicted octanol–water partition coefficient (Wildman–Crippen LogP) is 3.73. The third kappa shape index (κ3) is 7.44. The van der Waals surface area contributed by atoms with Gasteiger partial charge in [0.05, 0.1) is 25.4 Å². The van der Waals surface area contributed by atoms with Gasteiger partial charge in [-0.1, -0.05) is 25.1 Å². The molecule has 0 bridgehead atoms. The van der Waals surface area contributed by atoms with Gasteiger partial charge < -0.3 is 24.4 Å². The Morgan fingerprint density at radius 1 is 1.07 bits per heavy atom. The number of hydrogen-bond acceptors (Lipinski definition) is 8. The zero-order valence-electron chi connectivity index (χ0n) is 25.3. The molecule has 2 aromatic rings. The number of carbonyl (C=O) groups excluding carboxylic acids is 4. The monoisotopic (exact) mass is 592 g/mol. The minimum absolute atomic E-state index is 0.0364. The van der Waals surface area contributed by atoms with Gasteiger partial charge in [0.25, 0.3) is 0 Å². The van der Waals surface area contributed by atoms with Crippen LogP contribution in [0.15, 0.2) is 42.6 Å². The minimum Gasteiger partial charge on any atom is -0.494 e. The molecular weight excluding hydrogens is 552 g/mol. The lowest BCUT2D eigenvalue weighted by Gasteiger charge is -2.26. The lowest BCUT2D eigenvalue weighted by Crippen LogP contribution is -2.48. The molecule has 1 N–H and O–H groups in total. The van der Waals surface area contributed by atoms with E-state index >= 15 is 0 Å². The average Bonchev–Trinajstić information content (AvgIpc) is 3.28. The van der Waals surface area contributed by atoms with E-state index in [9.17, 15) is 19.2 Å². The van der Waals surface area contributed by atoms with Crippen molar-refractivity contribution in [2.45, 2.75) is 90.8 Å². The largest absolute Gasteiger partial charge is 0.494 e. The van der Waals surface area contributed by atoms with E-state index in [1.165, 1.54) is 0 Å². The van der Waals surface area contributed by atoms with Crippen LogP contribution < -0.4 is 10.1 Å². The molecule has 230 valence electrons. The number of esters is 1. The lowest BCUT2D eigenvalue weighted by atomic mass is 10.0. The number of pyridine rings is 1. The fraction of sp³-hybridized carbons (Fsp3) is 0.531. The first-order valence-electron chi connectivity index (χ1n) is 14.8. The van der Waals surface area contributed by atoms with Crippen molar-refractivity contribution in [2.75, 3.05) is 13.2 Å². The second-order valence-electron chi connectivity index (χ2n) is 12.8. The second-order valence-corrected chi connectivity index (χ2v) is 12.8. The van der Waals surface area contributed by atoms with Crippen LogP contribution in [0.5, 0.6) is 5.75 Å². The molecule has 5 rings (SSSR count). The highest BCUT2D eigenvalue weighted by molar-refractivity contribution is 5.90. The Morgan fingerprint density at radius 2 is 1.81 bits per heavy atom. The fourth-order valence-electron chi connectivity index (χ4n) is 5.74. The zero-order chi connectivity index (χ0) is 30.8. The van der Waals surface area contributed by atoms with E-state index < -0.39 is 17.6 Å². The van der Waals surface area contributed by atoms with Crippen LogP contribution in [0.3, 0.4) is 0 Å². The number of carbonyl (C=O) groups is 4. The lowest BCUT2D eigenvalue weighted by molar-refractivity contribution is -0.155. The molecule has 11 nitrogen and oxygen atoms in total. The van der Waals surface area contributed by atoms with Gasteiger partial charge in [-0.2, -0.15) is 0 Å². The van der Waals surface area contributed by atoms with Crippen molar-refractivity contribution >= 4 is 23.9 Å². The Bertz CT molecular complexity index is 1380. The molecule has 1 aromatic carbocycles. The van der Waals surface area contributed by atoms with Crippen molar-refractivity contribution in [3.8, 4) is 5.75 Å². The summed E-state index contributed by atoms with van der Waals surface area (Å²) in [6.45, 7) is 8.53. The zero-order valence-corrected chi connectivity index (χ0v) is 25.3. The summed E-state index contributed by atoms with van der Waals surface area (Å²) in [4.78, 5) is 58.7. The van der Waals surface area contributed by atoms with Crippen LogP contribution in [0, 0.1) is 5.41 Å². The molecule has 3 atom stereocenters. The number of hydrogen-bond donors (Lipinski definition) is 1.